The van der Waals surface area contributed by atoms with E-state index in [1.807, 2.05) is 29.1 Å². The number of aryl methyl sites for hydroxylation is 1. The van der Waals surface area contributed by atoms with Crippen LogP contribution in [0.5, 0.6) is 0 Å². The Kier molecular flexibility index (Phi) is 3.08. The zero-order valence-corrected chi connectivity index (χ0v) is 10.9. The smallest absolute Gasteiger partial charge is 0.247 e. The maximum atomic E-state index is 11.8. The number of amides is 1. The molecule has 20 heavy (non-hydrogen) atoms. The van der Waals surface area contributed by atoms with Crippen molar-refractivity contribution >= 4 is 11.7 Å². The molecule has 7 nitrogen and oxygen atoms in total. The minimum atomic E-state index is -0.208. The second kappa shape index (κ2) is 5.04. The molecule has 0 fully saturated rings. The molecule has 0 aliphatic heterocycles. The van der Waals surface area contributed by atoms with E-state index in [1.165, 1.54) is 0 Å². The van der Waals surface area contributed by atoms with E-state index in [0.29, 0.717) is 11.6 Å². The second-order valence-electron chi connectivity index (χ2n) is 4.36. The number of rotatable bonds is 4. The van der Waals surface area contributed by atoms with E-state index in [2.05, 4.69) is 15.6 Å². The Hall–Kier alpha value is -2.83. The third-order valence-electron chi connectivity index (χ3n) is 2.72. The molecule has 3 aromatic rings. The minimum absolute atomic E-state index is 0.118. The van der Waals surface area contributed by atoms with E-state index >= 15 is 0 Å². The van der Waals surface area contributed by atoms with Crippen molar-refractivity contribution in [1.82, 2.24) is 19.5 Å². The summed E-state index contributed by atoms with van der Waals surface area (Å²) in [5, 5.41) is 10.5. The third-order valence-corrected chi connectivity index (χ3v) is 2.72. The molecule has 7 heteroatoms. The molecule has 0 aliphatic rings. The molecule has 0 radical (unpaired) electrons. The second-order valence-corrected chi connectivity index (χ2v) is 4.36. The summed E-state index contributed by atoms with van der Waals surface area (Å²) in [4.78, 5) is 11.8. The zero-order valence-electron chi connectivity index (χ0n) is 10.9. The molecule has 3 rings (SSSR count). The van der Waals surface area contributed by atoms with Gasteiger partial charge in [-0.2, -0.15) is 5.10 Å². The van der Waals surface area contributed by atoms with Crippen molar-refractivity contribution in [2.45, 2.75) is 13.5 Å². The number of carbonyl (C=O) groups is 1. The van der Waals surface area contributed by atoms with Gasteiger partial charge < -0.3 is 14.4 Å². The van der Waals surface area contributed by atoms with Crippen molar-refractivity contribution < 1.29 is 9.32 Å². The van der Waals surface area contributed by atoms with Gasteiger partial charge in [-0.3, -0.25) is 9.48 Å². The van der Waals surface area contributed by atoms with Crippen LogP contribution in [0.3, 0.4) is 0 Å². The highest BCUT2D eigenvalue weighted by atomic mass is 16.5. The van der Waals surface area contributed by atoms with Crippen LogP contribution >= 0.6 is 0 Å². The molecule has 3 aromatic heterocycles. The van der Waals surface area contributed by atoms with Crippen LogP contribution in [0, 0.1) is 6.92 Å². The van der Waals surface area contributed by atoms with Crippen LogP contribution in [0.4, 0.5) is 5.82 Å². The van der Waals surface area contributed by atoms with E-state index < -0.39 is 0 Å². The Morgan fingerprint density at radius 1 is 1.40 bits per heavy atom. The summed E-state index contributed by atoms with van der Waals surface area (Å²) in [5.41, 5.74) is 0.903. The predicted molar refractivity (Wildman–Crippen MR) is 71.4 cm³/mol. The summed E-state index contributed by atoms with van der Waals surface area (Å²) in [6.45, 7) is 1.88. The van der Waals surface area contributed by atoms with E-state index in [9.17, 15) is 4.79 Å². The van der Waals surface area contributed by atoms with Gasteiger partial charge in [-0.15, -0.1) is 0 Å². The first-order valence-electron chi connectivity index (χ1n) is 6.10. The SMILES string of the molecule is Cc1cc(NC(=O)Cn2cc(-n3cccc3)cn2)no1. The molecule has 3 heterocycles. The molecule has 0 atom stereocenters. The van der Waals surface area contributed by atoms with Crippen LogP contribution in [0.1, 0.15) is 5.76 Å². The topological polar surface area (TPSA) is 77.9 Å². The lowest BCUT2D eigenvalue weighted by Gasteiger charge is -2.01. The Bertz CT molecular complexity index is 711. The van der Waals surface area contributed by atoms with Gasteiger partial charge in [0.05, 0.1) is 11.9 Å². The molecule has 0 aliphatic carbocycles. The highest BCUT2D eigenvalue weighted by Crippen LogP contribution is 2.08. The molecule has 0 saturated heterocycles. The maximum Gasteiger partial charge on any atom is 0.247 e. The van der Waals surface area contributed by atoms with Crippen LogP contribution in [-0.2, 0) is 11.3 Å². The summed E-state index contributed by atoms with van der Waals surface area (Å²) in [6.07, 6.45) is 7.33. The van der Waals surface area contributed by atoms with Crippen molar-refractivity contribution in [3.05, 3.63) is 48.7 Å². The van der Waals surface area contributed by atoms with Crippen LogP contribution in [-0.4, -0.2) is 25.4 Å². The van der Waals surface area contributed by atoms with Crippen LogP contribution in [0.15, 0.2) is 47.5 Å². The first kappa shape index (κ1) is 12.2. The monoisotopic (exact) mass is 271 g/mol. The molecule has 0 saturated carbocycles. The molecular formula is C13H13N5O2. The van der Waals surface area contributed by atoms with Gasteiger partial charge >= 0.3 is 0 Å². The fourth-order valence-electron chi connectivity index (χ4n) is 1.83. The number of carbonyl (C=O) groups excluding carboxylic acids is 1. The Labute approximate surface area is 114 Å². The van der Waals surface area contributed by atoms with Gasteiger partial charge in [0.25, 0.3) is 0 Å². The van der Waals surface area contributed by atoms with E-state index in [-0.39, 0.29) is 12.5 Å². The lowest BCUT2D eigenvalue weighted by Crippen LogP contribution is -2.19. The molecule has 102 valence electrons. The fourth-order valence-corrected chi connectivity index (χ4v) is 1.83. The van der Waals surface area contributed by atoms with Crippen LogP contribution < -0.4 is 5.32 Å². The van der Waals surface area contributed by atoms with E-state index in [4.69, 9.17) is 4.52 Å². The molecule has 0 aromatic carbocycles. The molecule has 0 unspecified atom stereocenters. The Morgan fingerprint density at radius 2 is 2.20 bits per heavy atom. The highest BCUT2D eigenvalue weighted by Gasteiger charge is 2.08. The van der Waals surface area contributed by atoms with Crippen molar-refractivity contribution in [3.63, 3.8) is 0 Å². The van der Waals surface area contributed by atoms with Crippen molar-refractivity contribution in [2.24, 2.45) is 0 Å². The number of hydrogen-bond acceptors (Lipinski definition) is 4. The first-order valence-corrected chi connectivity index (χ1v) is 6.10. The lowest BCUT2D eigenvalue weighted by atomic mass is 10.4. The summed E-state index contributed by atoms with van der Waals surface area (Å²) in [5.74, 6) is 0.847. The van der Waals surface area contributed by atoms with Gasteiger partial charge in [0.2, 0.25) is 5.91 Å². The third kappa shape index (κ3) is 2.61. The molecular weight excluding hydrogens is 258 g/mol. The van der Waals surface area contributed by atoms with E-state index in [0.717, 1.165) is 5.69 Å². The first-order chi connectivity index (χ1) is 9.70. The van der Waals surface area contributed by atoms with Gasteiger partial charge in [0.15, 0.2) is 5.82 Å². The van der Waals surface area contributed by atoms with Crippen molar-refractivity contribution in [2.75, 3.05) is 5.32 Å². The number of aromatic nitrogens is 4. The molecule has 1 amide bonds. The quantitative estimate of drug-likeness (QED) is 0.782. The standard InChI is InChI=1S/C13H13N5O2/c1-10-6-12(16-20-10)15-13(19)9-18-8-11(7-14-18)17-4-2-3-5-17/h2-8H,9H2,1H3,(H,15,16,19). The van der Waals surface area contributed by atoms with Crippen LogP contribution in [0.2, 0.25) is 0 Å². The summed E-state index contributed by atoms with van der Waals surface area (Å²) < 4.78 is 8.36. The Balaban J connectivity index is 1.64. The average Bonchev–Trinajstić information content (AvgIpc) is 3.10. The number of nitrogens with one attached hydrogen (secondary N) is 1. The summed E-state index contributed by atoms with van der Waals surface area (Å²) in [6, 6.07) is 5.51. The van der Waals surface area contributed by atoms with Crippen molar-refractivity contribution in [3.8, 4) is 5.69 Å². The average molecular weight is 271 g/mol. The summed E-state index contributed by atoms with van der Waals surface area (Å²) >= 11 is 0. The number of nitrogens with zero attached hydrogens (tertiary/aromatic N) is 4. The fraction of sp³-hybridized carbons (Fsp3) is 0.154. The zero-order chi connectivity index (χ0) is 13.9. The van der Waals surface area contributed by atoms with Crippen molar-refractivity contribution in [1.29, 1.82) is 0 Å². The van der Waals surface area contributed by atoms with Gasteiger partial charge in [0.1, 0.15) is 12.3 Å². The number of hydrogen-bond donors (Lipinski definition) is 1. The maximum absolute atomic E-state index is 11.8. The van der Waals surface area contributed by atoms with Gasteiger partial charge in [-0.1, -0.05) is 5.16 Å². The van der Waals surface area contributed by atoms with E-state index in [1.54, 1.807) is 30.1 Å². The Morgan fingerprint density at radius 3 is 2.90 bits per heavy atom. The molecule has 0 bridgehead atoms. The van der Waals surface area contributed by atoms with Gasteiger partial charge in [-0.25, -0.2) is 0 Å². The lowest BCUT2D eigenvalue weighted by molar-refractivity contribution is -0.116. The minimum Gasteiger partial charge on any atom is -0.360 e. The van der Waals surface area contributed by atoms with Crippen LogP contribution in [0.25, 0.3) is 5.69 Å². The number of anilines is 1. The van der Waals surface area contributed by atoms with Gasteiger partial charge in [-0.05, 0) is 19.1 Å². The largest absolute Gasteiger partial charge is 0.360 e. The predicted octanol–water partition coefficient (Wildman–Crippen LogP) is 1.61. The molecule has 1 N–H and O–H groups in total. The van der Waals surface area contributed by atoms with Gasteiger partial charge in [0, 0.05) is 24.7 Å². The molecule has 0 spiro atoms. The highest BCUT2D eigenvalue weighted by molar-refractivity contribution is 5.89. The summed E-state index contributed by atoms with van der Waals surface area (Å²) in [7, 11) is 0. The normalized spacial score (nSPS) is 10.7.